The Balaban J connectivity index is 2.14. The van der Waals surface area contributed by atoms with Gasteiger partial charge in [0, 0.05) is 20.8 Å². The summed E-state index contributed by atoms with van der Waals surface area (Å²) in [7, 11) is 0. The maximum atomic E-state index is 11.4. The van der Waals surface area contributed by atoms with E-state index in [1.165, 1.54) is 26.3 Å². The van der Waals surface area contributed by atoms with E-state index in [0.29, 0.717) is 38.1 Å². The van der Waals surface area contributed by atoms with Crippen LogP contribution in [0.3, 0.4) is 0 Å². The molecule has 0 radical (unpaired) electrons. The highest BCUT2D eigenvalue weighted by Crippen LogP contribution is 2.62. The number of rotatable bonds is 10. The molecule has 0 unspecified atom stereocenters. The normalized spacial score (nSPS) is 30.5. The van der Waals surface area contributed by atoms with Crippen molar-refractivity contribution in [1.29, 1.82) is 0 Å². The monoisotopic (exact) mass is 450 g/mol. The van der Waals surface area contributed by atoms with Gasteiger partial charge in [-0.25, -0.2) is 0 Å². The molecule has 0 aliphatic heterocycles. The van der Waals surface area contributed by atoms with E-state index in [2.05, 4.69) is 26.8 Å². The van der Waals surface area contributed by atoms with Crippen molar-refractivity contribution >= 4 is 17.9 Å². The molecule has 0 aromatic heterocycles. The van der Waals surface area contributed by atoms with E-state index in [-0.39, 0.29) is 34.7 Å². The lowest BCUT2D eigenvalue weighted by Crippen LogP contribution is -2.50. The van der Waals surface area contributed by atoms with Gasteiger partial charge in [-0.05, 0) is 79.1 Å². The molecular weight excluding hydrogens is 408 g/mol. The summed E-state index contributed by atoms with van der Waals surface area (Å²) in [5.74, 6) is 0.461. The molecule has 6 nitrogen and oxygen atoms in total. The van der Waals surface area contributed by atoms with Crippen molar-refractivity contribution in [2.75, 3.05) is 19.8 Å². The van der Waals surface area contributed by atoms with Crippen LogP contribution in [0.25, 0.3) is 0 Å². The summed E-state index contributed by atoms with van der Waals surface area (Å²) in [5.41, 5.74) is 1.45. The Labute approximate surface area is 193 Å². The molecule has 2 aliphatic carbocycles. The summed E-state index contributed by atoms with van der Waals surface area (Å²) in [4.78, 5) is 34.0. The smallest absolute Gasteiger partial charge is 0.302 e. The fourth-order valence-electron chi connectivity index (χ4n) is 6.04. The second-order valence-corrected chi connectivity index (χ2v) is 10.3. The zero-order valence-corrected chi connectivity index (χ0v) is 20.8. The molecule has 0 spiro atoms. The number of allylic oxidation sites excluding steroid dienone is 1. The standard InChI is InChI=1S/C26H42O6/c1-18-10-13-26(6)23(17-32-21(4)29)8-7-9-24(26)25(18,5)14-11-22(16-31-20(3)28)12-15-30-19(2)27/h8,18,22,24H,7,9-17H2,1-6H3/t18-,22-,24-,25+,26+/m1/s1. The van der Waals surface area contributed by atoms with Crippen LogP contribution in [0.2, 0.25) is 0 Å². The van der Waals surface area contributed by atoms with Crippen LogP contribution < -0.4 is 0 Å². The van der Waals surface area contributed by atoms with Gasteiger partial charge in [0.05, 0.1) is 13.2 Å². The van der Waals surface area contributed by atoms with Crippen LogP contribution in [0, 0.1) is 28.6 Å². The highest BCUT2D eigenvalue weighted by molar-refractivity contribution is 5.66. The van der Waals surface area contributed by atoms with E-state index >= 15 is 0 Å². The molecule has 0 saturated heterocycles. The average molecular weight is 451 g/mol. The van der Waals surface area contributed by atoms with Gasteiger partial charge in [0.1, 0.15) is 6.61 Å². The van der Waals surface area contributed by atoms with Crippen LogP contribution in [0.4, 0.5) is 0 Å². The number of hydrogen-bond donors (Lipinski definition) is 0. The lowest BCUT2D eigenvalue weighted by Gasteiger charge is -2.58. The van der Waals surface area contributed by atoms with E-state index in [9.17, 15) is 14.4 Å². The maximum absolute atomic E-state index is 11.4. The van der Waals surface area contributed by atoms with E-state index < -0.39 is 0 Å². The molecule has 32 heavy (non-hydrogen) atoms. The lowest BCUT2D eigenvalue weighted by molar-refractivity contribution is -0.145. The van der Waals surface area contributed by atoms with Gasteiger partial charge in [-0.2, -0.15) is 0 Å². The molecular formula is C26H42O6. The zero-order chi connectivity index (χ0) is 23.9. The number of carbonyl (C=O) groups excluding carboxylic acids is 3. The lowest BCUT2D eigenvalue weighted by atomic mass is 9.46. The van der Waals surface area contributed by atoms with Crippen molar-refractivity contribution in [2.45, 2.75) is 86.5 Å². The molecule has 2 aliphatic rings. The van der Waals surface area contributed by atoms with Crippen molar-refractivity contribution in [3.63, 3.8) is 0 Å². The van der Waals surface area contributed by atoms with Gasteiger partial charge in [0.2, 0.25) is 0 Å². The van der Waals surface area contributed by atoms with E-state index in [1.807, 2.05) is 0 Å². The Kier molecular flexibility index (Phi) is 9.35. The van der Waals surface area contributed by atoms with Crippen LogP contribution in [-0.2, 0) is 28.6 Å². The van der Waals surface area contributed by atoms with Crippen molar-refractivity contribution in [1.82, 2.24) is 0 Å². The highest BCUT2D eigenvalue weighted by atomic mass is 16.5. The van der Waals surface area contributed by atoms with E-state index in [4.69, 9.17) is 14.2 Å². The molecule has 2 rings (SSSR count). The van der Waals surface area contributed by atoms with E-state index in [0.717, 1.165) is 38.5 Å². The fraction of sp³-hybridized carbons (Fsp3) is 0.808. The number of esters is 3. The minimum Gasteiger partial charge on any atom is -0.466 e. The average Bonchev–Trinajstić information content (AvgIpc) is 2.71. The highest BCUT2D eigenvalue weighted by Gasteiger charge is 2.53. The SMILES string of the molecule is CC(=O)OCC[C@@H](CC[C@@]1(C)[C@H](C)CC[C@@]2(C)C(COC(C)=O)=CCC[C@H]12)COC(C)=O. The first-order valence-corrected chi connectivity index (χ1v) is 12.1. The molecule has 0 aromatic rings. The first kappa shape index (κ1) is 26.4. The van der Waals surface area contributed by atoms with Crippen LogP contribution >= 0.6 is 0 Å². The third kappa shape index (κ3) is 6.58. The Hall–Kier alpha value is -1.85. The van der Waals surface area contributed by atoms with Crippen LogP contribution in [0.1, 0.15) is 86.5 Å². The molecule has 182 valence electrons. The molecule has 0 N–H and O–H groups in total. The molecule has 1 saturated carbocycles. The van der Waals surface area contributed by atoms with Gasteiger partial charge >= 0.3 is 17.9 Å². The summed E-state index contributed by atoms with van der Waals surface area (Å²) in [6.45, 7) is 12.6. The second kappa shape index (κ2) is 11.3. The van der Waals surface area contributed by atoms with Crippen LogP contribution in [0.15, 0.2) is 11.6 Å². The third-order valence-electron chi connectivity index (χ3n) is 8.24. The van der Waals surface area contributed by atoms with Gasteiger partial charge in [0.25, 0.3) is 0 Å². The van der Waals surface area contributed by atoms with Gasteiger partial charge in [-0.1, -0.05) is 26.8 Å². The molecule has 0 bridgehead atoms. The fourth-order valence-corrected chi connectivity index (χ4v) is 6.04. The minimum absolute atomic E-state index is 0.0398. The predicted octanol–water partition coefficient (Wildman–Crippen LogP) is 5.24. The Bertz CT molecular complexity index is 713. The van der Waals surface area contributed by atoms with Gasteiger partial charge in [-0.3, -0.25) is 14.4 Å². The first-order chi connectivity index (χ1) is 15.0. The van der Waals surface area contributed by atoms with E-state index in [1.54, 1.807) is 0 Å². The topological polar surface area (TPSA) is 78.9 Å². The number of ether oxygens (including phenoxy) is 3. The Morgan fingerprint density at radius 1 is 1.00 bits per heavy atom. The Morgan fingerprint density at radius 2 is 1.66 bits per heavy atom. The maximum Gasteiger partial charge on any atom is 0.302 e. The summed E-state index contributed by atoms with van der Waals surface area (Å²) < 4.78 is 15.9. The number of hydrogen-bond acceptors (Lipinski definition) is 6. The molecule has 5 atom stereocenters. The van der Waals surface area contributed by atoms with Crippen molar-refractivity contribution in [3.05, 3.63) is 11.6 Å². The van der Waals surface area contributed by atoms with Crippen molar-refractivity contribution < 1.29 is 28.6 Å². The minimum atomic E-state index is -0.283. The molecule has 6 heteroatoms. The first-order valence-electron chi connectivity index (χ1n) is 12.1. The largest absolute Gasteiger partial charge is 0.466 e. The molecule has 0 heterocycles. The molecule has 1 fully saturated rings. The second-order valence-electron chi connectivity index (χ2n) is 10.3. The predicted molar refractivity (Wildman–Crippen MR) is 123 cm³/mol. The zero-order valence-electron chi connectivity index (χ0n) is 20.8. The van der Waals surface area contributed by atoms with Crippen molar-refractivity contribution in [2.24, 2.45) is 28.6 Å². The van der Waals surface area contributed by atoms with Gasteiger partial charge in [0.15, 0.2) is 0 Å². The number of carbonyl (C=O) groups is 3. The van der Waals surface area contributed by atoms with Crippen molar-refractivity contribution in [3.8, 4) is 0 Å². The summed E-state index contributed by atoms with van der Waals surface area (Å²) in [5, 5.41) is 0. The van der Waals surface area contributed by atoms with Gasteiger partial charge in [-0.15, -0.1) is 0 Å². The summed E-state index contributed by atoms with van der Waals surface area (Å²) in [6.07, 6.45) is 9.35. The Morgan fingerprint density at radius 3 is 2.28 bits per heavy atom. The van der Waals surface area contributed by atoms with Gasteiger partial charge < -0.3 is 14.2 Å². The van der Waals surface area contributed by atoms with Crippen LogP contribution in [-0.4, -0.2) is 37.7 Å². The summed E-state index contributed by atoms with van der Waals surface area (Å²) in [6, 6.07) is 0. The number of fused-ring (bicyclic) bond motifs is 1. The molecule has 0 aromatic carbocycles. The third-order valence-corrected chi connectivity index (χ3v) is 8.24. The summed E-state index contributed by atoms with van der Waals surface area (Å²) >= 11 is 0. The van der Waals surface area contributed by atoms with Crippen LogP contribution in [0.5, 0.6) is 0 Å². The quantitative estimate of drug-likeness (QED) is 0.257. The molecule has 0 amide bonds.